The fraction of sp³-hybridized carbons (Fsp3) is 0.194. The Morgan fingerprint density at radius 2 is 1.24 bits per heavy atom. The van der Waals surface area contributed by atoms with Gasteiger partial charge in [-0.25, -0.2) is 0 Å². The van der Waals surface area contributed by atoms with Gasteiger partial charge in [0.2, 0.25) is 0 Å². The second-order valence-corrected chi connectivity index (χ2v) is 19.3. The van der Waals surface area contributed by atoms with Crippen molar-refractivity contribution in [3.63, 3.8) is 0 Å². The van der Waals surface area contributed by atoms with E-state index in [-0.39, 0.29) is 16.7 Å². The van der Waals surface area contributed by atoms with E-state index in [0.29, 0.717) is 17.8 Å². The highest BCUT2D eigenvalue weighted by Gasteiger charge is 2.53. The standard InChI is InChI=1S/C62H51N/c1-61(2)54-24-12-8-19-47(54)51-35-33-44(39-58(51)61)63(43-31-28-41(29-32-43)40-16-4-3-5-17-40)60-37-36-45(46-18-6-7-23-53(46)60)42-30-34-52-50-22-11-15-27-57(50)62(59(52)38-42)55-25-13-9-20-48(55)49-21-10-14-26-56(49)62/h4,6-28,30-37,39,41-42,45-46H,3,5,29,38H2,1-2H3. The van der Waals surface area contributed by atoms with Gasteiger partial charge in [-0.05, 0) is 140 Å². The topological polar surface area (TPSA) is 3.24 Å². The van der Waals surface area contributed by atoms with Crippen LogP contribution in [0.15, 0.2) is 228 Å². The summed E-state index contributed by atoms with van der Waals surface area (Å²) in [7, 11) is 0. The summed E-state index contributed by atoms with van der Waals surface area (Å²) in [6.07, 6.45) is 38.4. The van der Waals surface area contributed by atoms with E-state index >= 15 is 0 Å². The van der Waals surface area contributed by atoms with Crippen molar-refractivity contribution >= 4 is 11.3 Å². The van der Waals surface area contributed by atoms with E-state index in [1.54, 1.807) is 5.57 Å². The van der Waals surface area contributed by atoms with E-state index in [4.69, 9.17) is 0 Å². The van der Waals surface area contributed by atoms with Crippen molar-refractivity contribution in [1.82, 2.24) is 0 Å². The molecule has 4 atom stereocenters. The SMILES string of the molecule is CC1(C)c2ccccc2-c2ccc(N(C3=CCC(C4=CCCC=C4)C=C3)C3=C4C=CC=CC4C(C4C=CC5=C(C4)C4(c6ccccc65)c5ccccc5-c5ccccc54)C=C3)cc21. The van der Waals surface area contributed by atoms with Gasteiger partial charge in [0.1, 0.15) is 0 Å². The lowest BCUT2D eigenvalue weighted by Gasteiger charge is -2.41. The van der Waals surface area contributed by atoms with E-state index in [0.717, 1.165) is 25.7 Å². The fourth-order valence-corrected chi connectivity index (χ4v) is 13.0. The highest BCUT2D eigenvalue weighted by molar-refractivity contribution is 5.97. The smallest absolute Gasteiger partial charge is 0.0688 e. The summed E-state index contributed by atoms with van der Waals surface area (Å²) in [4.78, 5) is 2.59. The minimum Gasteiger partial charge on any atom is -0.311 e. The quantitative estimate of drug-likeness (QED) is 0.171. The molecule has 0 aliphatic heterocycles. The second kappa shape index (κ2) is 13.9. The average Bonchev–Trinajstić information content (AvgIpc) is 3.90. The lowest BCUT2D eigenvalue weighted by Crippen LogP contribution is -2.33. The average molecular weight is 810 g/mol. The number of rotatable bonds is 5. The first kappa shape index (κ1) is 36.9. The number of anilines is 1. The van der Waals surface area contributed by atoms with E-state index in [2.05, 4.69) is 219 Å². The van der Waals surface area contributed by atoms with E-state index in [1.807, 2.05) is 0 Å². The molecule has 0 bridgehead atoms. The van der Waals surface area contributed by atoms with E-state index < -0.39 is 0 Å². The Hall–Kier alpha value is -6.70. The van der Waals surface area contributed by atoms with Crippen LogP contribution in [0.3, 0.4) is 0 Å². The summed E-state index contributed by atoms with van der Waals surface area (Å²) < 4.78 is 0. The van der Waals surface area contributed by atoms with Crippen LogP contribution >= 0.6 is 0 Å². The summed E-state index contributed by atoms with van der Waals surface area (Å²) in [6, 6.07) is 43.9. The third kappa shape index (κ3) is 5.23. The predicted molar refractivity (Wildman–Crippen MR) is 262 cm³/mol. The molecule has 0 N–H and O–H groups in total. The van der Waals surface area contributed by atoms with Crippen molar-refractivity contribution in [2.24, 2.45) is 23.7 Å². The lowest BCUT2D eigenvalue weighted by molar-refractivity contribution is 0.391. The summed E-state index contributed by atoms with van der Waals surface area (Å²) in [5, 5.41) is 0. The molecule has 0 amide bonds. The van der Waals surface area contributed by atoms with Gasteiger partial charge in [0.15, 0.2) is 0 Å². The molecule has 1 spiro atoms. The van der Waals surface area contributed by atoms with Crippen LogP contribution in [0, 0.1) is 23.7 Å². The van der Waals surface area contributed by atoms with Gasteiger partial charge in [-0.15, -0.1) is 0 Å². The number of allylic oxidation sites excluding steroid dienone is 18. The van der Waals surface area contributed by atoms with Gasteiger partial charge in [0.05, 0.1) is 5.41 Å². The molecule has 0 saturated carbocycles. The predicted octanol–water partition coefficient (Wildman–Crippen LogP) is 15.1. The molecule has 0 saturated heterocycles. The summed E-state index contributed by atoms with van der Waals surface area (Å²) in [5.74, 6) is 1.30. The van der Waals surface area contributed by atoms with Gasteiger partial charge < -0.3 is 4.90 Å². The normalized spacial score (nSPS) is 24.3. The molecule has 5 aromatic rings. The van der Waals surface area contributed by atoms with Crippen LogP contribution in [0.5, 0.6) is 0 Å². The number of benzene rings is 5. The van der Waals surface area contributed by atoms with Crippen LogP contribution in [-0.4, -0.2) is 0 Å². The summed E-state index contributed by atoms with van der Waals surface area (Å²) in [5.41, 5.74) is 23.2. The van der Waals surface area contributed by atoms with Crippen molar-refractivity contribution in [3.05, 3.63) is 262 Å². The van der Waals surface area contributed by atoms with E-state index in [1.165, 1.54) is 89.4 Å². The van der Waals surface area contributed by atoms with Gasteiger partial charge in [-0.3, -0.25) is 0 Å². The van der Waals surface area contributed by atoms with Gasteiger partial charge >= 0.3 is 0 Å². The summed E-state index contributed by atoms with van der Waals surface area (Å²) >= 11 is 0. The third-order valence-electron chi connectivity index (χ3n) is 15.9. The first-order valence-corrected chi connectivity index (χ1v) is 23.3. The zero-order valence-electron chi connectivity index (χ0n) is 36.1. The molecule has 0 radical (unpaired) electrons. The third-order valence-corrected chi connectivity index (χ3v) is 15.9. The Bertz CT molecular complexity index is 3080. The molecule has 1 nitrogen and oxygen atoms in total. The zero-order chi connectivity index (χ0) is 41.9. The lowest BCUT2D eigenvalue weighted by atomic mass is 9.64. The molecule has 0 heterocycles. The largest absolute Gasteiger partial charge is 0.311 e. The molecule has 4 unspecified atom stereocenters. The highest BCUT2D eigenvalue weighted by atomic mass is 15.2. The van der Waals surface area contributed by atoms with Crippen LogP contribution in [0.1, 0.15) is 72.9 Å². The maximum Gasteiger partial charge on any atom is 0.0688 e. The molecule has 0 fully saturated rings. The monoisotopic (exact) mass is 809 g/mol. The Kier molecular flexibility index (Phi) is 8.14. The summed E-state index contributed by atoms with van der Waals surface area (Å²) in [6.45, 7) is 4.79. The maximum atomic E-state index is 2.59. The Morgan fingerprint density at radius 3 is 1.95 bits per heavy atom. The number of hydrogen-bond acceptors (Lipinski definition) is 1. The van der Waals surface area contributed by atoms with Gasteiger partial charge in [0.25, 0.3) is 0 Å². The number of nitrogens with zero attached hydrogens (tertiary/aromatic N) is 1. The molecule has 13 rings (SSSR count). The zero-order valence-corrected chi connectivity index (χ0v) is 36.1. The van der Waals surface area contributed by atoms with Crippen molar-refractivity contribution < 1.29 is 0 Å². The minimum atomic E-state index is -0.286. The number of hydrogen-bond donors (Lipinski definition) is 0. The Labute approximate surface area is 372 Å². The Balaban J connectivity index is 0.906. The second-order valence-electron chi connectivity index (χ2n) is 19.3. The van der Waals surface area contributed by atoms with Gasteiger partial charge in [-0.2, -0.15) is 0 Å². The van der Waals surface area contributed by atoms with Crippen LogP contribution in [0.25, 0.3) is 27.8 Å². The molecule has 5 aromatic carbocycles. The maximum absolute atomic E-state index is 2.59. The van der Waals surface area contributed by atoms with Crippen LogP contribution in [-0.2, 0) is 10.8 Å². The van der Waals surface area contributed by atoms with Crippen LogP contribution < -0.4 is 4.90 Å². The highest BCUT2D eigenvalue weighted by Crippen LogP contribution is 2.64. The van der Waals surface area contributed by atoms with Crippen molar-refractivity contribution in [2.45, 2.75) is 50.4 Å². The van der Waals surface area contributed by atoms with Crippen molar-refractivity contribution in [3.8, 4) is 22.3 Å². The molecular weight excluding hydrogens is 759 g/mol. The number of fused-ring (bicyclic) bond motifs is 13. The molecule has 1 heteroatoms. The minimum absolute atomic E-state index is 0.0882. The first-order valence-electron chi connectivity index (χ1n) is 23.3. The fourth-order valence-electron chi connectivity index (χ4n) is 13.0. The van der Waals surface area contributed by atoms with E-state index in [9.17, 15) is 0 Å². The molecule has 8 aliphatic rings. The molecule has 8 aliphatic carbocycles. The molecule has 0 aromatic heterocycles. The van der Waals surface area contributed by atoms with Crippen LogP contribution in [0.2, 0.25) is 0 Å². The van der Waals surface area contributed by atoms with Crippen LogP contribution in [0.4, 0.5) is 5.69 Å². The molecular formula is C62H51N. The Morgan fingerprint density at radius 1 is 0.556 bits per heavy atom. The first-order chi connectivity index (χ1) is 31.0. The van der Waals surface area contributed by atoms with Gasteiger partial charge in [-0.1, -0.05) is 190 Å². The molecule has 63 heavy (non-hydrogen) atoms. The molecule has 304 valence electrons. The van der Waals surface area contributed by atoms with Gasteiger partial charge in [0, 0.05) is 34.3 Å². The van der Waals surface area contributed by atoms with Crippen molar-refractivity contribution in [2.75, 3.05) is 4.90 Å². The van der Waals surface area contributed by atoms with Crippen molar-refractivity contribution in [1.29, 1.82) is 0 Å².